The minimum absolute atomic E-state index is 0.00548. The van der Waals surface area contributed by atoms with Gasteiger partial charge in [-0.1, -0.05) is 11.6 Å². The fourth-order valence-corrected chi connectivity index (χ4v) is 4.67. The predicted octanol–water partition coefficient (Wildman–Crippen LogP) is 4.89. The van der Waals surface area contributed by atoms with E-state index < -0.39 is 11.9 Å². The Morgan fingerprint density at radius 1 is 0.806 bits per heavy atom. The molecule has 1 aliphatic heterocycles. The van der Waals surface area contributed by atoms with E-state index in [1.165, 1.54) is 21.3 Å². The number of benzene rings is 3. The highest BCUT2D eigenvalue weighted by atomic mass is 16.5. The number of methoxy groups -OCH3 is 4. The predicted molar refractivity (Wildman–Crippen MR) is 135 cm³/mol. The fraction of sp³-hybridized carbons (Fsp3) is 0.214. The molecule has 0 saturated carbocycles. The molecule has 3 aromatic carbocycles. The smallest absolute Gasteiger partial charge is 0.295 e. The van der Waals surface area contributed by atoms with Crippen LogP contribution in [0.4, 0.5) is 5.69 Å². The summed E-state index contributed by atoms with van der Waals surface area (Å²) < 4.78 is 27.9. The van der Waals surface area contributed by atoms with Gasteiger partial charge in [0.1, 0.15) is 11.3 Å². The lowest BCUT2D eigenvalue weighted by atomic mass is 9.97. The molecule has 4 aromatic rings. The third-order valence-electron chi connectivity index (χ3n) is 6.38. The molecule has 0 aliphatic carbocycles. The van der Waals surface area contributed by atoms with Crippen molar-refractivity contribution in [2.45, 2.75) is 13.0 Å². The van der Waals surface area contributed by atoms with Gasteiger partial charge in [0.2, 0.25) is 11.5 Å². The summed E-state index contributed by atoms with van der Waals surface area (Å²) in [4.78, 5) is 29.2. The van der Waals surface area contributed by atoms with Crippen LogP contribution in [-0.2, 0) is 0 Å². The number of amides is 1. The third kappa shape index (κ3) is 3.53. The molecule has 0 radical (unpaired) electrons. The van der Waals surface area contributed by atoms with Crippen LogP contribution in [0.1, 0.15) is 33.3 Å². The first kappa shape index (κ1) is 23.3. The quantitative estimate of drug-likeness (QED) is 0.383. The van der Waals surface area contributed by atoms with E-state index in [9.17, 15) is 9.59 Å². The van der Waals surface area contributed by atoms with Gasteiger partial charge in [0, 0.05) is 5.69 Å². The number of fused-ring (bicyclic) bond motifs is 2. The number of anilines is 1. The lowest BCUT2D eigenvalue weighted by Gasteiger charge is -2.26. The Kier molecular flexibility index (Phi) is 5.80. The van der Waals surface area contributed by atoms with Crippen molar-refractivity contribution in [2.24, 2.45) is 0 Å². The van der Waals surface area contributed by atoms with E-state index in [1.54, 1.807) is 60.5 Å². The molecule has 5 rings (SSSR count). The normalized spacial score (nSPS) is 14.6. The zero-order valence-electron chi connectivity index (χ0n) is 20.6. The summed E-state index contributed by atoms with van der Waals surface area (Å²) >= 11 is 0. The van der Waals surface area contributed by atoms with Crippen molar-refractivity contribution in [3.8, 4) is 23.0 Å². The van der Waals surface area contributed by atoms with Crippen molar-refractivity contribution in [3.63, 3.8) is 0 Å². The number of ether oxygens (including phenoxy) is 4. The highest BCUT2D eigenvalue weighted by molar-refractivity contribution is 6.10. The molecule has 0 saturated heterocycles. The lowest BCUT2D eigenvalue weighted by molar-refractivity contribution is 0.0971. The summed E-state index contributed by atoms with van der Waals surface area (Å²) in [5.74, 6) is 1.44. The molecule has 8 nitrogen and oxygen atoms in total. The van der Waals surface area contributed by atoms with E-state index in [2.05, 4.69) is 0 Å². The molecule has 184 valence electrons. The SMILES string of the molecule is COc1ccc(N2C(=O)c3oc4ccc(C)cc4c(=O)c3C2c2cc(OC)c(OC)c(OC)c2)cc1. The molecule has 1 aliphatic rings. The zero-order chi connectivity index (χ0) is 25.6. The van der Waals surface area contributed by atoms with Crippen LogP contribution in [0.2, 0.25) is 0 Å². The monoisotopic (exact) mass is 487 g/mol. The second-order valence-electron chi connectivity index (χ2n) is 8.41. The Morgan fingerprint density at radius 3 is 2.06 bits per heavy atom. The minimum atomic E-state index is -0.796. The van der Waals surface area contributed by atoms with E-state index in [0.717, 1.165) is 5.56 Å². The molecule has 2 heterocycles. The van der Waals surface area contributed by atoms with Crippen LogP contribution in [0, 0.1) is 6.92 Å². The van der Waals surface area contributed by atoms with Crippen LogP contribution in [0.15, 0.2) is 63.8 Å². The molecule has 1 unspecified atom stereocenters. The van der Waals surface area contributed by atoms with Gasteiger partial charge in [0.25, 0.3) is 5.91 Å². The summed E-state index contributed by atoms with van der Waals surface area (Å²) in [6.45, 7) is 1.90. The zero-order valence-corrected chi connectivity index (χ0v) is 20.6. The van der Waals surface area contributed by atoms with E-state index in [0.29, 0.717) is 45.2 Å². The topological polar surface area (TPSA) is 87.4 Å². The van der Waals surface area contributed by atoms with Crippen LogP contribution in [0.25, 0.3) is 11.0 Å². The number of carbonyl (C=O) groups is 1. The van der Waals surface area contributed by atoms with Crippen molar-refractivity contribution in [3.05, 3.63) is 87.3 Å². The average Bonchev–Trinajstić information content (AvgIpc) is 3.20. The number of rotatable bonds is 6. The van der Waals surface area contributed by atoms with Gasteiger partial charge in [0.15, 0.2) is 16.9 Å². The first-order valence-electron chi connectivity index (χ1n) is 11.3. The number of hydrogen-bond donors (Lipinski definition) is 0. The average molecular weight is 488 g/mol. The summed E-state index contributed by atoms with van der Waals surface area (Å²) in [6, 6.07) is 15.1. The highest BCUT2D eigenvalue weighted by Gasteiger charge is 2.44. The van der Waals surface area contributed by atoms with Gasteiger partial charge < -0.3 is 23.4 Å². The Bertz CT molecular complexity index is 1510. The largest absolute Gasteiger partial charge is 0.497 e. The van der Waals surface area contributed by atoms with Gasteiger partial charge >= 0.3 is 0 Å². The molecule has 36 heavy (non-hydrogen) atoms. The van der Waals surface area contributed by atoms with E-state index in [1.807, 2.05) is 13.0 Å². The first-order chi connectivity index (χ1) is 17.4. The maximum Gasteiger partial charge on any atom is 0.295 e. The van der Waals surface area contributed by atoms with Gasteiger partial charge in [0.05, 0.1) is 45.4 Å². The third-order valence-corrected chi connectivity index (χ3v) is 6.38. The van der Waals surface area contributed by atoms with Crippen molar-refractivity contribution in [2.75, 3.05) is 33.3 Å². The standard InChI is InChI=1S/C28H25NO7/c1-15-6-11-20-19(12-15)25(30)23-24(16-13-21(33-3)26(35-5)22(14-16)34-4)29(28(31)27(23)36-20)17-7-9-18(32-2)10-8-17/h6-14,24H,1-5H3. The first-order valence-corrected chi connectivity index (χ1v) is 11.3. The molecular formula is C28H25NO7. The minimum Gasteiger partial charge on any atom is -0.497 e. The lowest BCUT2D eigenvalue weighted by Crippen LogP contribution is -2.29. The van der Waals surface area contributed by atoms with E-state index in [-0.39, 0.29) is 16.8 Å². The Labute approximate surface area is 207 Å². The van der Waals surface area contributed by atoms with E-state index >= 15 is 0 Å². The Balaban J connectivity index is 1.82. The highest BCUT2D eigenvalue weighted by Crippen LogP contribution is 2.46. The molecule has 8 heteroatoms. The Morgan fingerprint density at radius 2 is 1.47 bits per heavy atom. The van der Waals surface area contributed by atoms with Crippen molar-refractivity contribution >= 4 is 22.6 Å². The molecule has 1 atom stereocenters. The number of hydrogen-bond acceptors (Lipinski definition) is 7. The van der Waals surface area contributed by atoms with Gasteiger partial charge in [-0.05, 0) is 61.0 Å². The number of aryl methyl sites for hydroxylation is 1. The number of nitrogens with zero attached hydrogens (tertiary/aromatic N) is 1. The summed E-state index contributed by atoms with van der Waals surface area (Å²) in [6.07, 6.45) is 0. The second-order valence-corrected chi connectivity index (χ2v) is 8.41. The molecule has 1 aromatic heterocycles. The van der Waals surface area contributed by atoms with Crippen LogP contribution in [0.3, 0.4) is 0 Å². The molecular weight excluding hydrogens is 462 g/mol. The fourth-order valence-electron chi connectivity index (χ4n) is 4.67. The van der Waals surface area contributed by atoms with Crippen molar-refractivity contribution < 1.29 is 28.2 Å². The molecule has 0 fully saturated rings. The number of carbonyl (C=O) groups excluding carboxylic acids is 1. The van der Waals surface area contributed by atoms with Crippen LogP contribution in [-0.4, -0.2) is 34.3 Å². The molecule has 0 bridgehead atoms. The van der Waals surface area contributed by atoms with Gasteiger partial charge in [-0.3, -0.25) is 14.5 Å². The summed E-state index contributed by atoms with van der Waals surface area (Å²) in [5, 5.41) is 0.413. The Hall–Kier alpha value is -4.46. The van der Waals surface area contributed by atoms with Gasteiger partial charge in [-0.15, -0.1) is 0 Å². The maximum absolute atomic E-state index is 13.9. The summed E-state index contributed by atoms with van der Waals surface area (Å²) in [7, 11) is 6.11. The second kappa shape index (κ2) is 8.96. The molecule has 1 amide bonds. The molecule has 0 spiro atoms. The molecule has 0 N–H and O–H groups in total. The van der Waals surface area contributed by atoms with E-state index in [4.69, 9.17) is 23.4 Å². The maximum atomic E-state index is 13.9. The van der Waals surface area contributed by atoms with Crippen LogP contribution in [0.5, 0.6) is 23.0 Å². The van der Waals surface area contributed by atoms with Gasteiger partial charge in [-0.2, -0.15) is 0 Å². The van der Waals surface area contributed by atoms with Gasteiger partial charge in [-0.25, -0.2) is 0 Å². The van der Waals surface area contributed by atoms with Crippen molar-refractivity contribution in [1.29, 1.82) is 0 Å². The van der Waals surface area contributed by atoms with Crippen molar-refractivity contribution in [1.82, 2.24) is 0 Å². The summed E-state index contributed by atoms with van der Waals surface area (Å²) in [5.41, 5.74) is 2.44. The van der Waals surface area contributed by atoms with Crippen LogP contribution < -0.4 is 29.3 Å². The van der Waals surface area contributed by atoms with Crippen LogP contribution >= 0.6 is 0 Å².